The fourth-order valence-electron chi connectivity index (χ4n) is 2.48. The SMILES string of the molecule is CC1(O)C(F)C(CO)OC1n1cnc2c(=O)[nH]c(N)nc21. The molecule has 5 N–H and O–H groups in total. The summed E-state index contributed by atoms with van der Waals surface area (Å²) in [4.78, 5) is 21.8. The van der Waals surface area contributed by atoms with E-state index in [0.717, 1.165) is 0 Å². The van der Waals surface area contributed by atoms with E-state index in [1.54, 1.807) is 0 Å². The van der Waals surface area contributed by atoms with Gasteiger partial charge in [-0.05, 0) is 6.92 Å². The third-order valence-electron chi connectivity index (χ3n) is 3.57. The number of nitrogens with two attached hydrogens (primary N) is 1. The van der Waals surface area contributed by atoms with Gasteiger partial charge < -0.3 is 20.7 Å². The first-order valence-corrected chi connectivity index (χ1v) is 6.21. The first kappa shape index (κ1) is 13.9. The number of aromatic amines is 1. The van der Waals surface area contributed by atoms with Gasteiger partial charge in [-0.15, -0.1) is 0 Å². The molecule has 114 valence electrons. The van der Waals surface area contributed by atoms with E-state index in [4.69, 9.17) is 15.6 Å². The highest BCUT2D eigenvalue weighted by molar-refractivity contribution is 5.70. The number of anilines is 1. The molecule has 4 atom stereocenters. The van der Waals surface area contributed by atoms with E-state index in [9.17, 15) is 14.3 Å². The van der Waals surface area contributed by atoms with Gasteiger partial charge in [0.05, 0.1) is 12.9 Å². The van der Waals surface area contributed by atoms with Crippen LogP contribution < -0.4 is 11.3 Å². The monoisotopic (exact) mass is 299 g/mol. The molecular weight excluding hydrogens is 285 g/mol. The number of aliphatic hydroxyl groups is 2. The number of imidazole rings is 1. The number of H-pyrrole nitrogens is 1. The van der Waals surface area contributed by atoms with Crippen molar-refractivity contribution >= 4 is 17.1 Å². The number of aromatic nitrogens is 4. The van der Waals surface area contributed by atoms with E-state index < -0.39 is 36.3 Å². The van der Waals surface area contributed by atoms with Crippen LogP contribution in [0.3, 0.4) is 0 Å². The smallest absolute Gasteiger partial charge is 0.280 e. The number of nitrogens with zero attached hydrogens (tertiary/aromatic N) is 3. The summed E-state index contributed by atoms with van der Waals surface area (Å²) in [5, 5.41) is 19.4. The predicted molar refractivity (Wildman–Crippen MR) is 69.1 cm³/mol. The van der Waals surface area contributed by atoms with Crippen molar-refractivity contribution in [3.8, 4) is 0 Å². The third-order valence-corrected chi connectivity index (χ3v) is 3.57. The highest BCUT2D eigenvalue weighted by Gasteiger charge is 2.54. The number of ether oxygens (including phenoxy) is 1. The Morgan fingerprint density at radius 2 is 2.38 bits per heavy atom. The minimum absolute atomic E-state index is 0.00791. The zero-order valence-electron chi connectivity index (χ0n) is 11.0. The molecule has 1 fully saturated rings. The number of nitrogen functional groups attached to an aromatic ring is 1. The van der Waals surface area contributed by atoms with E-state index in [-0.39, 0.29) is 17.1 Å². The summed E-state index contributed by atoms with van der Waals surface area (Å²) < 4.78 is 20.6. The highest BCUT2D eigenvalue weighted by atomic mass is 19.1. The number of fused-ring (bicyclic) bond motifs is 1. The lowest BCUT2D eigenvalue weighted by Gasteiger charge is -2.26. The maximum Gasteiger partial charge on any atom is 0.280 e. The zero-order chi connectivity index (χ0) is 15.4. The van der Waals surface area contributed by atoms with Crippen LogP contribution in [0.5, 0.6) is 0 Å². The molecule has 1 aliphatic heterocycles. The van der Waals surface area contributed by atoms with Gasteiger partial charge in [0.25, 0.3) is 5.56 Å². The van der Waals surface area contributed by atoms with Crippen molar-refractivity contribution in [2.45, 2.75) is 31.0 Å². The second-order valence-electron chi connectivity index (χ2n) is 5.11. The number of hydrogen-bond acceptors (Lipinski definition) is 7. The van der Waals surface area contributed by atoms with Gasteiger partial charge >= 0.3 is 0 Å². The Hall–Kier alpha value is -2.04. The number of halogens is 1. The van der Waals surface area contributed by atoms with Crippen LogP contribution in [0.25, 0.3) is 11.2 Å². The third kappa shape index (κ3) is 1.91. The fourth-order valence-corrected chi connectivity index (χ4v) is 2.48. The lowest BCUT2D eigenvalue weighted by atomic mass is 9.98. The number of nitrogens with one attached hydrogen (secondary N) is 1. The van der Waals surface area contributed by atoms with Gasteiger partial charge in [-0.2, -0.15) is 4.98 Å². The molecule has 0 radical (unpaired) electrons. The zero-order valence-corrected chi connectivity index (χ0v) is 11.0. The molecule has 0 bridgehead atoms. The molecule has 0 aromatic carbocycles. The maximum atomic E-state index is 14.1. The van der Waals surface area contributed by atoms with Gasteiger partial charge in [-0.1, -0.05) is 0 Å². The fraction of sp³-hybridized carbons (Fsp3) is 0.545. The van der Waals surface area contributed by atoms with Crippen LogP contribution >= 0.6 is 0 Å². The summed E-state index contributed by atoms with van der Waals surface area (Å²) in [6.45, 7) is 0.650. The Labute approximate surface area is 117 Å². The van der Waals surface area contributed by atoms with Gasteiger partial charge in [-0.3, -0.25) is 14.3 Å². The first-order chi connectivity index (χ1) is 9.86. The normalized spacial score (nSPS) is 32.9. The molecule has 4 unspecified atom stereocenters. The maximum absolute atomic E-state index is 14.1. The average Bonchev–Trinajstić information content (AvgIpc) is 2.91. The Morgan fingerprint density at radius 3 is 3.00 bits per heavy atom. The van der Waals surface area contributed by atoms with Crippen LogP contribution in [-0.4, -0.2) is 54.2 Å². The van der Waals surface area contributed by atoms with Gasteiger partial charge in [0, 0.05) is 0 Å². The molecule has 0 amide bonds. The summed E-state index contributed by atoms with van der Waals surface area (Å²) in [7, 11) is 0. The van der Waals surface area contributed by atoms with E-state index >= 15 is 0 Å². The quantitative estimate of drug-likeness (QED) is 0.539. The second kappa shape index (κ2) is 4.48. The van der Waals surface area contributed by atoms with Crippen molar-refractivity contribution in [3.05, 3.63) is 16.7 Å². The van der Waals surface area contributed by atoms with Gasteiger partial charge in [-0.25, -0.2) is 9.37 Å². The Kier molecular flexibility index (Phi) is 2.97. The van der Waals surface area contributed by atoms with Crippen molar-refractivity contribution < 1.29 is 19.3 Å². The van der Waals surface area contributed by atoms with E-state index in [1.807, 2.05) is 0 Å². The lowest BCUT2D eigenvalue weighted by molar-refractivity contribution is -0.0892. The average molecular weight is 299 g/mol. The largest absolute Gasteiger partial charge is 0.394 e. The lowest BCUT2D eigenvalue weighted by Crippen LogP contribution is -2.41. The molecule has 1 aliphatic rings. The number of rotatable bonds is 2. The van der Waals surface area contributed by atoms with Crippen LogP contribution in [0, 0.1) is 0 Å². The molecule has 2 aromatic rings. The summed E-state index contributed by atoms with van der Waals surface area (Å²) >= 11 is 0. The van der Waals surface area contributed by atoms with Crippen molar-refractivity contribution in [1.29, 1.82) is 0 Å². The predicted octanol–water partition coefficient (Wildman–Crippen LogP) is -1.32. The summed E-state index contributed by atoms with van der Waals surface area (Å²) in [6.07, 6.45) is -2.97. The van der Waals surface area contributed by atoms with Crippen LogP contribution in [0.2, 0.25) is 0 Å². The molecular formula is C11H14FN5O4. The number of aliphatic hydroxyl groups excluding tert-OH is 1. The number of alkyl halides is 1. The second-order valence-corrected chi connectivity index (χ2v) is 5.11. The molecule has 9 nitrogen and oxygen atoms in total. The Morgan fingerprint density at radius 1 is 1.67 bits per heavy atom. The molecule has 10 heteroatoms. The van der Waals surface area contributed by atoms with Crippen LogP contribution in [-0.2, 0) is 4.74 Å². The molecule has 0 saturated carbocycles. The van der Waals surface area contributed by atoms with Gasteiger partial charge in [0.1, 0.15) is 11.7 Å². The highest BCUT2D eigenvalue weighted by Crippen LogP contribution is 2.40. The number of hydrogen-bond donors (Lipinski definition) is 4. The standard InChI is InChI=1S/C11H14FN5O4/c1-11(20)6(12)4(2-18)21-9(11)17-3-14-5-7(17)15-10(13)16-8(5)19/h3-4,6,9,18,20H,2H2,1H3,(H3,13,15,16,19). The Balaban J connectivity index is 2.15. The van der Waals surface area contributed by atoms with Crippen molar-refractivity contribution in [2.24, 2.45) is 0 Å². The molecule has 3 heterocycles. The molecule has 0 aliphatic carbocycles. The topological polar surface area (TPSA) is 139 Å². The van der Waals surface area contributed by atoms with Gasteiger partial charge in [0.2, 0.25) is 5.95 Å². The minimum atomic E-state index is -1.92. The molecule has 1 saturated heterocycles. The first-order valence-electron chi connectivity index (χ1n) is 6.21. The van der Waals surface area contributed by atoms with E-state index in [2.05, 4.69) is 15.0 Å². The Bertz CT molecular complexity index is 742. The molecule has 2 aromatic heterocycles. The molecule has 21 heavy (non-hydrogen) atoms. The van der Waals surface area contributed by atoms with Crippen molar-refractivity contribution in [3.63, 3.8) is 0 Å². The van der Waals surface area contributed by atoms with Crippen molar-refractivity contribution in [1.82, 2.24) is 19.5 Å². The minimum Gasteiger partial charge on any atom is -0.394 e. The summed E-state index contributed by atoms with van der Waals surface area (Å²) in [6, 6.07) is 0. The van der Waals surface area contributed by atoms with Crippen LogP contribution in [0.15, 0.2) is 11.1 Å². The molecule has 0 spiro atoms. The van der Waals surface area contributed by atoms with Crippen LogP contribution in [0.1, 0.15) is 13.2 Å². The van der Waals surface area contributed by atoms with Crippen LogP contribution in [0.4, 0.5) is 10.3 Å². The van der Waals surface area contributed by atoms with Crippen molar-refractivity contribution in [2.75, 3.05) is 12.3 Å². The van der Waals surface area contributed by atoms with E-state index in [0.29, 0.717) is 0 Å². The van der Waals surface area contributed by atoms with Gasteiger partial charge in [0.15, 0.2) is 23.6 Å². The summed E-state index contributed by atoms with van der Waals surface area (Å²) in [5.41, 5.74) is 3.06. The summed E-state index contributed by atoms with van der Waals surface area (Å²) in [5.74, 6) is -0.137. The van der Waals surface area contributed by atoms with E-state index in [1.165, 1.54) is 17.8 Å². The molecule has 3 rings (SSSR count).